The Morgan fingerprint density at radius 1 is 1.05 bits per heavy atom. The Balaban J connectivity index is 2.08. The van der Waals surface area contributed by atoms with Gasteiger partial charge in [0, 0.05) is 16.2 Å². The molecule has 0 aliphatic carbocycles. The fourth-order valence-electron chi connectivity index (χ4n) is 2.12. The molecule has 20 heavy (non-hydrogen) atoms. The third kappa shape index (κ3) is 4.36. The van der Waals surface area contributed by atoms with E-state index in [2.05, 4.69) is 67.7 Å². The van der Waals surface area contributed by atoms with E-state index in [4.69, 9.17) is 4.98 Å². The lowest BCUT2D eigenvalue weighted by Crippen LogP contribution is -2.13. The van der Waals surface area contributed by atoms with Gasteiger partial charge in [0.05, 0.1) is 5.69 Å². The van der Waals surface area contributed by atoms with Crippen LogP contribution in [-0.4, -0.2) is 36.8 Å². The molecule has 0 N–H and O–H groups in total. The molecular weight excluding hydrogens is 264 g/mol. The molecule has 0 bridgehead atoms. The van der Waals surface area contributed by atoms with E-state index in [9.17, 15) is 0 Å². The Morgan fingerprint density at radius 3 is 2.45 bits per heavy atom. The van der Waals surface area contributed by atoms with Gasteiger partial charge >= 0.3 is 0 Å². The summed E-state index contributed by atoms with van der Waals surface area (Å²) < 4.78 is 0. The predicted octanol–water partition coefficient (Wildman–Crippen LogP) is 3.96. The average Bonchev–Trinajstić information content (AvgIpc) is 2.47. The largest absolute Gasteiger partial charge is 0.309 e. The molecule has 0 saturated carbocycles. The summed E-state index contributed by atoms with van der Waals surface area (Å²) in [5, 5.41) is 0. The van der Waals surface area contributed by atoms with Crippen LogP contribution in [-0.2, 0) is 6.42 Å². The van der Waals surface area contributed by atoms with E-state index in [0.29, 0.717) is 0 Å². The Kier molecular flexibility index (Phi) is 5.62. The molecule has 0 amide bonds. The van der Waals surface area contributed by atoms with Crippen molar-refractivity contribution in [3.63, 3.8) is 0 Å². The van der Waals surface area contributed by atoms with Crippen LogP contribution < -0.4 is 0 Å². The zero-order valence-corrected chi connectivity index (χ0v) is 13.3. The lowest BCUT2D eigenvalue weighted by Gasteiger charge is -2.09. The van der Waals surface area contributed by atoms with Crippen molar-refractivity contribution in [2.75, 3.05) is 26.9 Å². The molecule has 3 heteroatoms. The molecule has 0 atom stereocenters. The van der Waals surface area contributed by atoms with Crippen LogP contribution >= 0.6 is 11.8 Å². The lowest BCUT2D eigenvalue weighted by atomic mass is 10.1. The number of hydrogen-bond donors (Lipinski definition) is 0. The standard InChI is InChI=1S/C17H22N2S/c1-19(2)13-5-7-15-6-4-8-17(18-15)14-9-11-16(20-3)12-10-14/h4,6,8-12H,5,7,13H2,1-3H3. The van der Waals surface area contributed by atoms with Crippen molar-refractivity contribution in [1.29, 1.82) is 0 Å². The van der Waals surface area contributed by atoms with E-state index in [1.54, 1.807) is 11.8 Å². The molecule has 2 rings (SSSR count). The Bertz CT molecular complexity index is 535. The summed E-state index contributed by atoms with van der Waals surface area (Å²) in [6.45, 7) is 1.11. The van der Waals surface area contributed by atoms with E-state index in [1.807, 2.05) is 0 Å². The number of benzene rings is 1. The van der Waals surface area contributed by atoms with Crippen molar-refractivity contribution in [3.05, 3.63) is 48.2 Å². The van der Waals surface area contributed by atoms with Gasteiger partial charge in [-0.2, -0.15) is 0 Å². The number of nitrogens with zero attached hydrogens (tertiary/aromatic N) is 2. The molecule has 0 aliphatic heterocycles. The SMILES string of the molecule is CSc1ccc(-c2cccc(CCCN(C)C)n2)cc1. The Labute approximate surface area is 126 Å². The van der Waals surface area contributed by atoms with Gasteiger partial charge in [0.1, 0.15) is 0 Å². The summed E-state index contributed by atoms with van der Waals surface area (Å²) in [5.41, 5.74) is 3.44. The van der Waals surface area contributed by atoms with Crippen molar-refractivity contribution in [2.45, 2.75) is 17.7 Å². The van der Waals surface area contributed by atoms with Crippen LogP contribution in [0.2, 0.25) is 0 Å². The minimum atomic E-state index is 1.04. The third-order valence-electron chi connectivity index (χ3n) is 3.23. The van der Waals surface area contributed by atoms with E-state index in [1.165, 1.54) is 16.2 Å². The van der Waals surface area contributed by atoms with Gasteiger partial charge in [-0.3, -0.25) is 4.98 Å². The second-order valence-corrected chi connectivity index (χ2v) is 6.03. The lowest BCUT2D eigenvalue weighted by molar-refractivity contribution is 0.399. The van der Waals surface area contributed by atoms with Gasteiger partial charge < -0.3 is 4.90 Å². The fraction of sp³-hybridized carbons (Fsp3) is 0.353. The number of rotatable bonds is 6. The first-order valence-corrected chi connectivity index (χ1v) is 8.16. The number of aromatic nitrogens is 1. The van der Waals surface area contributed by atoms with E-state index in [0.717, 1.165) is 25.1 Å². The van der Waals surface area contributed by atoms with Gasteiger partial charge in [-0.25, -0.2) is 0 Å². The van der Waals surface area contributed by atoms with Crippen LogP contribution in [0, 0.1) is 0 Å². The first-order valence-electron chi connectivity index (χ1n) is 6.94. The zero-order chi connectivity index (χ0) is 14.4. The van der Waals surface area contributed by atoms with Crippen LogP contribution in [0.5, 0.6) is 0 Å². The first-order chi connectivity index (χ1) is 9.69. The van der Waals surface area contributed by atoms with Crippen molar-refractivity contribution < 1.29 is 0 Å². The van der Waals surface area contributed by atoms with Crippen LogP contribution in [0.25, 0.3) is 11.3 Å². The monoisotopic (exact) mass is 286 g/mol. The van der Waals surface area contributed by atoms with Gasteiger partial charge in [0.25, 0.3) is 0 Å². The van der Waals surface area contributed by atoms with Crippen LogP contribution in [0.1, 0.15) is 12.1 Å². The quantitative estimate of drug-likeness (QED) is 0.748. The summed E-state index contributed by atoms with van der Waals surface area (Å²) in [6, 6.07) is 14.9. The molecule has 1 heterocycles. The summed E-state index contributed by atoms with van der Waals surface area (Å²) in [4.78, 5) is 8.27. The molecule has 0 spiro atoms. The normalized spacial score (nSPS) is 11.0. The summed E-state index contributed by atoms with van der Waals surface area (Å²) in [5.74, 6) is 0. The molecule has 2 aromatic rings. The van der Waals surface area contributed by atoms with E-state index < -0.39 is 0 Å². The van der Waals surface area contributed by atoms with Crippen molar-refractivity contribution in [2.24, 2.45) is 0 Å². The zero-order valence-electron chi connectivity index (χ0n) is 12.5. The fourth-order valence-corrected chi connectivity index (χ4v) is 2.53. The molecule has 0 radical (unpaired) electrons. The summed E-state index contributed by atoms with van der Waals surface area (Å²) >= 11 is 1.76. The molecule has 106 valence electrons. The second-order valence-electron chi connectivity index (χ2n) is 5.15. The number of pyridine rings is 1. The van der Waals surface area contributed by atoms with Gasteiger partial charge in [-0.15, -0.1) is 11.8 Å². The van der Waals surface area contributed by atoms with Gasteiger partial charge in [0.15, 0.2) is 0 Å². The van der Waals surface area contributed by atoms with Gasteiger partial charge in [-0.1, -0.05) is 18.2 Å². The Hall–Kier alpha value is -1.32. The molecule has 1 aromatic heterocycles. The summed E-state index contributed by atoms with van der Waals surface area (Å²) in [6.07, 6.45) is 4.28. The second kappa shape index (κ2) is 7.46. The summed E-state index contributed by atoms with van der Waals surface area (Å²) in [7, 11) is 4.22. The predicted molar refractivity (Wildman–Crippen MR) is 88.3 cm³/mol. The average molecular weight is 286 g/mol. The third-order valence-corrected chi connectivity index (χ3v) is 3.97. The van der Waals surface area contributed by atoms with Crippen molar-refractivity contribution in [1.82, 2.24) is 9.88 Å². The highest BCUT2D eigenvalue weighted by Gasteiger charge is 2.02. The van der Waals surface area contributed by atoms with Crippen molar-refractivity contribution >= 4 is 11.8 Å². The van der Waals surface area contributed by atoms with Crippen LogP contribution in [0.15, 0.2) is 47.4 Å². The molecule has 0 fully saturated rings. The highest BCUT2D eigenvalue weighted by atomic mass is 32.2. The maximum absolute atomic E-state index is 4.77. The number of thioether (sulfide) groups is 1. The highest BCUT2D eigenvalue weighted by Crippen LogP contribution is 2.21. The molecule has 0 saturated heterocycles. The number of hydrogen-bond acceptors (Lipinski definition) is 3. The number of aryl methyl sites for hydroxylation is 1. The van der Waals surface area contributed by atoms with E-state index >= 15 is 0 Å². The topological polar surface area (TPSA) is 16.1 Å². The molecule has 2 nitrogen and oxygen atoms in total. The minimum Gasteiger partial charge on any atom is -0.309 e. The minimum absolute atomic E-state index is 1.04. The van der Waals surface area contributed by atoms with Crippen LogP contribution in [0.3, 0.4) is 0 Å². The van der Waals surface area contributed by atoms with E-state index in [-0.39, 0.29) is 0 Å². The maximum Gasteiger partial charge on any atom is 0.0705 e. The molecule has 1 aromatic carbocycles. The van der Waals surface area contributed by atoms with Crippen LogP contribution in [0.4, 0.5) is 0 Å². The maximum atomic E-state index is 4.77. The highest BCUT2D eigenvalue weighted by molar-refractivity contribution is 7.98. The first kappa shape index (κ1) is 15.1. The van der Waals surface area contributed by atoms with Gasteiger partial charge in [-0.05, 0) is 64.0 Å². The van der Waals surface area contributed by atoms with Crippen molar-refractivity contribution in [3.8, 4) is 11.3 Å². The van der Waals surface area contributed by atoms with Gasteiger partial charge in [0.2, 0.25) is 0 Å². The molecule has 0 unspecified atom stereocenters. The Morgan fingerprint density at radius 2 is 1.80 bits per heavy atom. The smallest absolute Gasteiger partial charge is 0.0705 e. The molecule has 0 aliphatic rings. The molecular formula is C17H22N2S.